The average Bonchev–Trinajstić information content (AvgIpc) is 3.08. The van der Waals surface area contributed by atoms with E-state index in [1.807, 2.05) is 26.0 Å². The summed E-state index contributed by atoms with van der Waals surface area (Å²) >= 11 is 0. The van der Waals surface area contributed by atoms with Gasteiger partial charge in [-0.25, -0.2) is 14.4 Å². The Kier molecular flexibility index (Phi) is 9.36. The monoisotopic (exact) mass is 488 g/mol. The van der Waals surface area contributed by atoms with Crippen LogP contribution < -0.4 is 15.4 Å². The fourth-order valence-electron chi connectivity index (χ4n) is 4.10. The van der Waals surface area contributed by atoms with Crippen molar-refractivity contribution in [3.8, 4) is 5.75 Å². The van der Waals surface area contributed by atoms with Crippen LogP contribution in [0.5, 0.6) is 5.75 Å². The summed E-state index contributed by atoms with van der Waals surface area (Å²) in [7, 11) is 1.58. The van der Waals surface area contributed by atoms with Crippen LogP contribution in [0.1, 0.15) is 38.8 Å². The maximum absolute atomic E-state index is 13.0. The van der Waals surface area contributed by atoms with E-state index in [-0.39, 0.29) is 24.6 Å². The van der Waals surface area contributed by atoms with Gasteiger partial charge in [-0.15, -0.1) is 0 Å². The molecular weight excluding hydrogens is 452 g/mol. The lowest BCUT2D eigenvalue weighted by molar-refractivity contribution is -0.139. The first kappa shape index (κ1) is 26.3. The molecule has 1 unspecified atom stereocenters. The molecule has 1 saturated heterocycles. The Balaban J connectivity index is 1.80. The van der Waals surface area contributed by atoms with Crippen LogP contribution in [0.15, 0.2) is 35.5 Å². The van der Waals surface area contributed by atoms with Gasteiger partial charge in [0.15, 0.2) is 0 Å². The Hall–Kier alpha value is -3.27. The maximum atomic E-state index is 13.0. The molecular formula is C25H36N4O6. The molecule has 0 radical (unpaired) electrons. The van der Waals surface area contributed by atoms with Crippen LogP contribution in [0, 0.1) is 5.92 Å². The summed E-state index contributed by atoms with van der Waals surface area (Å²) in [6.45, 7) is 9.11. The number of carbonyl (C=O) groups excluding carboxylic acids is 3. The van der Waals surface area contributed by atoms with Crippen LogP contribution in [0.25, 0.3) is 0 Å². The van der Waals surface area contributed by atoms with Gasteiger partial charge in [0.25, 0.3) is 0 Å². The van der Waals surface area contributed by atoms with Crippen LogP contribution in [0.3, 0.4) is 0 Å². The van der Waals surface area contributed by atoms with Crippen LogP contribution in [-0.2, 0) is 14.3 Å². The zero-order chi connectivity index (χ0) is 25.4. The van der Waals surface area contributed by atoms with Crippen LogP contribution in [0.4, 0.5) is 9.59 Å². The van der Waals surface area contributed by atoms with Gasteiger partial charge in [0.05, 0.1) is 31.9 Å². The van der Waals surface area contributed by atoms with E-state index in [4.69, 9.17) is 14.2 Å². The van der Waals surface area contributed by atoms with Crippen LogP contribution in [0.2, 0.25) is 0 Å². The van der Waals surface area contributed by atoms with Gasteiger partial charge in [-0.1, -0.05) is 26.0 Å². The van der Waals surface area contributed by atoms with Crippen molar-refractivity contribution < 1.29 is 28.6 Å². The molecule has 2 aliphatic rings. The summed E-state index contributed by atoms with van der Waals surface area (Å²) in [5, 5.41) is 5.67. The largest absolute Gasteiger partial charge is 0.497 e. The highest BCUT2D eigenvalue weighted by Crippen LogP contribution is 2.29. The molecule has 0 spiro atoms. The number of methoxy groups -OCH3 is 1. The second-order valence-electron chi connectivity index (χ2n) is 9.00. The second kappa shape index (κ2) is 12.4. The Morgan fingerprint density at radius 1 is 1.09 bits per heavy atom. The molecule has 10 heteroatoms. The first-order valence-corrected chi connectivity index (χ1v) is 12.1. The number of urea groups is 1. The van der Waals surface area contributed by atoms with Gasteiger partial charge in [-0.2, -0.15) is 0 Å². The topological polar surface area (TPSA) is 109 Å². The van der Waals surface area contributed by atoms with Crippen molar-refractivity contribution in [2.75, 3.05) is 53.0 Å². The van der Waals surface area contributed by atoms with Crippen molar-refractivity contribution in [2.45, 2.75) is 33.2 Å². The predicted molar refractivity (Wildman–Crippen MR) is 130 cm³/mol. The molecule has 0 saturated carbocycles. The number of esters is 1. The van der Waals surface area contributed by atoms with Crippen molar-refractivity contribution in [2.24, 2.45) is 5.92 Å². The van der Waals surface area contributed by atoms with E-state index in [1.54, 1.807) is 31.1 Å². The minimum Gasteiger partial charge on any atom is -0.497 e. The molecule has 0 bridgehead atoms. The van der Waals surface area contributed by atoms with E-state index < -0.39 is 12.0 Å². The number of amides is 3. The zero-order valence-electron chi connectivity index (χ0n) is 21.0. The summed E-state index contributed by atoms with van der Waals surface area (Å²) < 4.78 is 16.0. The van der Waals surface area contributed by atoms with Gasteiger partial charge in [0.2, 0.25) is 0 Å². The van der Waals surface area contributed by atoms with Gasteiger partial charge >= 0.3 is 18.1 Å². The Morgan fingerprint density at radius 3 is 2.49 bits per heavy atom. The number of nitrogens with zero attached hydrogens (tertiary/aromatic N) is 2. The number of carbonyl (C=O) groups is 3. The lowest BCUT2D eigenvalue weighted by Gasteiger charge is -2.32. The SMILES string of the molecule is CCOC(=O)C1=C(CN2CCCN(C(=O)OCC(C)C)CC2)NC(=O)NC1c1ccc(OC)cc1. The molecule has 3 amide bonds. The quantitative estimate of drug-likeness (QED) is 0.542. The molecule has 2 N–H and O–H groups in total. The normalized spacial score (nSPS) is 19.1. The first-order chi connectivity index (χ1) is 16.8. The van der Waals surface area contributed by atoms with E-state index >= 15 is 0 Å². The van der Waals surface area contributed by atoms with Crippen molar-refractivity contribution >= 4 is 18.1 Å². The third-order valence-electron chi connectivity index (χ3n) is 5.87. The highest BCUT2D eigenvalue weighted by Gasteiger charge is 2.34. The molecule has 192 valence electrons. The molecule has 1 aromatic carbocycles. The number of hydrogen-bond acceptors (Lipinski definition) is 7. The van der Waals surface area contributed by atoms with Gasteiger partial charge in [0.1, 0.15) is 5.75 Å². The van der Waals surface area contributed by atoms with E-state index in [0.29, 0.717) is 56.4 Å². The summed E-state index contributed by atoms with van der Waals surface area (Å²) in [5.74, 6) is 0.472. The van der Waals surface area contributed by atoms with Crippen molar-refractivity contribution in [1.29, 1.82) is 0 Å². The third-order valence-corrected chi connectivity index (χ3v) is 5.87. The van der Waals surface area contributed by atoms with Gasteiger partial charge in [-0.3, -0.25) is 4.90 Å². The van der Waals surface area contributed by atoms with Crippen LogP contribution >= 0.6 is 0 Å². The van der Waals surface area contributed by atoms with Crippen molar-refractivity contribution in [3.05, 3.63) is 41.1 Å². The Labute approximate surface area is 206 Å². The average molecular weight is 489 g/mol. The summed E-state index contributed by atoms with van der Waals surface area (Å²) in [6.07, 6.45) is 0.453. The standard InChI is InChI=1S/C25H36N4O6/c1-5-34-23(30)21-20(26-24(31)27-22(21)18-7-9-19(33-4)10-8-18)15-28-11-6-12-29(14-13-28)25(32)35-16-17(2)3/h7-10,17,22H,5-6,11-16H2,1-4H3,(H2,26,27,31). The molecule has 35 heavy (non-hydrogen) atoms. The first-order valence-electron chi connectivity index (χ1n) is 12.1. The highest BCUT2D eigenvalue weighted by atomic mass is 16.6. The lowest BCUT2D eigenvalue weighted by Crippen LogP contribution is -2.48. The highest BCUT2D eigenvalue weighted by molar-refractivity contribution is 5.95. The number of nitrogens with one attached hydrogen (secondary N) is 2. The van der Waals surface area contributed by atoms with Gasteiger partial charge in [0, 0.05) is 38.4 Å². The fourth-order valence-corrected chi connectivity index (χ4v) is 4.10. The molecule has 0 aliphatic carbocycles. The van der Waals surface area contributed by atoms with Gasteiger partial charge in [-0.05, 0) is 37.0 Å². The van der Waals surface area contributed by atoms with Gasteiger partial charge < -0.3 is 29.7 Å². The number of ether oxygens (including phenoxy) is 3. The van der Waals surface area contributed by atoms with E-state index in [9.17, 15) is 14.4 Å². The smallest absolute Gasteiger partial charge is 0.409 e. The van der Waals surface area contributed by atoms with Crippen LogP contribution in [-0.4, -0.2) is 80.9 Å². The van der Waals surface area contributed by atoms with Crippen molar-refractivity contribution in [1.82, 2.24) is 20.4 Å². The number of hydrogen-bond donors (Lipinski definition) is 2. The fraction of sp³-hybridized carbons (Fsp3) is 0.560. The molecule has 2 aliphatic heterocycles. The molecule has 1 atom stereocenters. The van der Waals surface area contributed by atoms with E-state index in [2.05, 4.69) is 15.5 Å². The van der Waals surface area contributed by atoms with E-state index in [1.165, 1.54) is 0 Å². The van der Waals surface area contributed by atoms with E-state index in [0.717, 1.165) is 12.0 Å². The summed E-state index contributed by atoms with van der Waals surface area (Å²) in [6, 6.07) is 6.17. The minimum absolute atomic E-state index is 0.218. The molecule has 1 fully saturated rings. The summed E-state index contributed by atoms with van der Waals surface area (Å²) in [4.78, 5) is 41.8. The second-order valence-corrected chi connectivity index (χ2v) is 9.00. The maximum Gasteiger partial charge on any atom is 0.409 e. The van der Waals surface area contributed by atoms with Crippen molar-refractivity contribution in [3.63, 3.8) is 0 Å². The minimum atomic E-state index is -0.654. The Morgan fingerprint density at radius 2 is 1.83 bits per heavy atom. The third kappa shape index (κ3) is 7.11. The molecule has 1 aromatic rings. The number of benzene rings is 1. The zero-order valence-corrected chi connectivity index (χ0v) is 21.0. The summed E-state index contributed by atoms with van der Waals surface area (Å²) in [5.41, 5.74) is 1.62. The molecule has 0 aromatic heterocycles. The Bertz CT molecular complexity index is 930. The number of rotatable bonds is 8. The molecule has 10 nitrogen and oxygen atoms in total. The lowest BCUT2D eigenvalue weighted by atomic mass is 9.95. The predicted octanol–water partition coefficient (Wildman–Crippen LogP) is 2.67. The molecule has 2 heterocycles. The molecule has 3 rings (SSSR count).